The molecule has 0 radical (unpaired) electrons. The van der Waals surface area contributed by atoms with Gasteiger partial charge in [-0.25, -0.2) is 10.4 Å². The van der Waals surface area contributed by atoms with E-state index in [1.807, 2.05) is 6.20 Å². The predicted octanol–water partition coefficient (Wildman–Crippen LogP) is 0.141. The first-order valence-electron chi connectivity index (χ1n) is 5.11. The molecular weight excluding hydrogens is 258 g/mol. The Bertz CT molecular complexity index is 297. The molecule has 0 aromatic heterocycles. The summed E-state index contributed by atoms with van der Waals surface area (Å²) < 4.78 is 0.949. The summed E-state index contributed by atoms with van der Waals surface area (Å²) in [5, 5.41) is 0. The number of hydrogen-bond acceptors (Lipinski definition) is 4. The number of hydrazine groups is 1. The third-order valence-corrected chi connectivity index (χ3v) is 3.32. The largest absolute Gasteiger partial charge is 0.387 e. The number of amidine groups is 1. The minimum absolute atomic E-state index is 0.114. The van der Waals surface area contributed by atoms with Crippen molar-refractivity contribution in [3.63, 3.8) is 0 Å². The summed E-state index contributed by atoms with van der Waals surface area (Å²) in [5.74, 6) is 1.27. The van der Waals surface area contributed by atoms with Gasteiger partial charge in [-0.05, 0) is 18.8 Å². The zero-order valence-electron chi connectivity index (χ0n) is 8.41. The highest BCUT2D eigenvalue weighted by Gasteiger charge is 2.29. The van der Waals surface area contributed by atoms with Gasteiger partial charge in [0.05, 0.1) is 10.3 Å². The van der Waals surface area contributed by atoms with Crippen LogP contribution in [0.25, 0.3) is 0 Å². The van der Waals surface area contributed by atoms with Crippen LogP contribution in [0.2, 0.25) is 0 Å². The first kappa shape index (κ1) is 10.9. The lowest BCUT2D eigenvalue weighted by Crippen LogP contribution is -2.34. The van der Waals surface area contributed by atoms with E-state index in [0.717, 1.165) is 4.48 Å². The monoisotopic (exact) mass is 273 g/mol. The van der Waals surface area contributed by atoms with E-state index in [4.69, 9.17) is 11.5 Å². The minimum Gasteiger partial charge on any atom is -0.387 e. The molecule has 15 heavy (non-hydrogen) atoms. The van der Waals surface area contributed by atoms with Crippen LogP contribution in [0.5, 0.6) is 0 Å². The molecule has 6 heteroatoms. The van der Waals surface area contributed by atoms with Crippen molar-refractivity contribution >= 4 is 21.8 Å². The maximum Gasteiger partial charge on any atom is 0.151 e. The van der Waals surface area contributed by atoms with Gasteiger partial charge in [0, 0.05) is 18.7 Å². The average Bonchev–Trinajstić information content (AvgIpc) is 2.94. The number of nitrogens with zero attached hydrogens (tertiary/aromatic N) is 1. The topological polar surface area (TPSA) is 88.5 Å². The maximum atomic E-state index is 5.97. The fourth-order valence-corrected chi connectivity index (χ4v) is 1.91. The van der Waals surface area contributed by atoms with Gasteiger partial charge < -0.3 is 16.9 Å². The molecule has 2 unspecified atom stereocenters. The van der Waals surface area contributed by atoms with Gasteiger partial charge in [0.2, 0.25) is 0 Å². The maximum absolute atomic E-state index is 5.97. The first-order chi connectivity index (χ1) is 7.16. The fourth-order valence-electron chi connectivity index (χ4n) is 1.58. The van der Waals surface area contributed by atoms with Crippen LogP contribution >= 0.6 is 15.9 Å². The smallest absolute Gasteiger partial charge is 0.151 e. The highest BCUT2D eigenvalue weighted by molar-refractivity contribution is 9.11. The molecule has 1 fully saturated rings. The number of hydrogen-bond donors (Lipinski definition) is 4. The molecule has 6 N–H and O–H groups in total. The zero-order valence-corrected chi connectivity index (χ0v) is 10.00. The Morgan fingerprint density at radius 2 is 2.40 bits per heavy atom. The second-order valence-corrected chi connectivity index (χ2v) is 4.96. The molecule has 1 aliphatic heterocycles. The third-order valence-electron chi connectivity index (χ3n) is 2.66. The first-order valence-corrected chi connectivity index (χ1v) is 5.90. The van der Waals surface area contributed by atoms with Crippen LogP contribution in [0.3, 0.4) is 0 Å². The lowest BCUT2D eigenvalue weighted by molar-refractivity contribution is 0.587. The molecule has 0 amide bonds. The van der Waals surface area contributed by atoms with Gasteiger partial charge in [-0.1, -0.05) is 15.9 Å². The summed E-state index contributed by atoms with van der Waals surface area (Å²) in [6.07, 6.45) is 4.85. The highest BCUT2D eigenvalue weighted by Crippen LogP contribution is 2.32. The van der Waals surface area contributed by atoms with Crippen molar-refractivity contribution in [1.82, 2.24) is 10.9 Å². The molecule has 1 saturated carbocycles. The van der Waals surface area contributed by atoms with Crippen LogP contribution in [0.1, 0.15) is 19.3 Å². The van der Waals surface area contributed by atoms with E-state index in [-0.39, 0.29) is 12.2 Å². The molecule has 1 heterocycles. The van der Waals surface area contributed by atoms with Gasteiger partial charge in [0.1, 0.15) is 0 Å². The van der Waals surface area contributed by atoms with E-state index in [2.05, 4.69) is 31.8 Å². The van der Waals surface area contributed by atoms with Crippen LogP contribution in [0, 0.1) is 5.92 Å². The molecule has 2 aliphatic rings. The van der Waals surface area contributed by atoms with E-state index in [1.165, 1.54) is 12.8 Å². The van der Waals surface area contributed by atoms with Crippen molar-refractivity contribution in [2.75, 3.05) is 0 Å². The molecule has 84 valence electrons. The second-order valence-electron chi connectivity index (χ2n) is 4.05. The van der Waals surface area contributed by atoms with Crippen molar-refractivity contribution in [3.05, 3.63) is 10.7 Å². The number of nitrogens with two attached hydrogens (primary N) is 2. The van der Waals surface area contributed by atoms with Crippen molar-refractivity contribution in [2.45, 2.75) is 31.5 Å². The summed E-state index contributed by atoms with van der Waals surface area (Å²) >= 11 is 3.38. The lowest BCUT2D eigenvalue weighted by atomic mass is 10.1. The highest BCUT2D eigenvalue weighted by atomic mass is 79.9. The lowest BCUT2D eigenvalue weighted by Gasteiger charge is -2.11. The van der Waals surface area contributed by atoms with E-state index < -0.39 is 0 Å². The van der Waals surface area contributed by atoms with E-state index in [9.17, 15) is 0 Å². The van der Waals surface area contributed by atoms with Crippen LogP contribution in [0.4, 0.5) is 0 Å². The van der Waals surface area contributed by atoms with Crippen LogP contribution < -0.4 is 22.3 Å². The van der Waals surface area contributed by atoms with Crippen molar-refractivity contribution in [3.8, 4) is 0 Å². The normalized spacial score (nSPS) is 28.5. The Morgan fingerprint density at radius 3 is 2.93 bits per heavy atom. The quantitative estimate of drug-likeness (QED) is 0.434. The second kappa shape index (κ2) is 4.51. The van der Waals surface area contributed by atoms with Gasteiger partial charge >= 0.3 is 0 Å². The SMILES string of the molecule is NC(CC(N)C1CC1)=NC1NNC=C1Br. The molecule has 0 spiro atoms. The molecule has 0 aromatic rings. The summed E-state index contributed by atoms with van der Waals surface area (Å²) in [4.78, 5) is 4.33. The fraction of sp³-hybridized carbons (Fsp3) is 0.667. The van der Waals surface area contributed by atoms with Gasteiger partial charge in [0.25, 0.3) is 0 Å². The van der Waals surface area contributed by atoms with Gasteiger partial charge in [-0.3, -0.25) is 0 Å². The molecule has 0 aromatic carbocycles. The zero-order chi connectivity index (χ0) is 10.8. The van der Waals surface area contributed by atoms with Crippen molar-refractivity contribution < 1.29 is 0 Å². The Hall–Kier alpha value is -0.590. The van der Waals surface area contributed by atoms with Crippen molar-refractivity contribution in [1.29, 1.82) is 0 Å². The van der Waals surface area contributed by atoms with E-state index in [0.29, 0.717) is 18.2 Å². The molecule has 2 atom stereocenters. The average molecular weight is 274 g/mol. The van der Waals surface area contributed by atoms with Gasteiger partial charge in [-0.2, -0.15) is 0 Å². The number of halogens is 1. The standard InChI is InChI=1S/C9H16BrN5/c10-6-4-13-15-9(6)14-8(12)3-7(11)5-1-2-5/h4-5,7,9,13,15H,1-3,11H2,(H2,12,14). The summed E-state index contributed by atoms with van der Waals surface area (Å²) in [5.41, 5.74) is 17.6. The predicted molar refractivity (Wildman–Crippen MR) is 64.0 cm³/mol. The van der Waals surface area contributed by atoms with Crippen LogP contribution in [0.15, 0.2) is 15.7 Å². The summed E-state index contributed by atoms with van der Waals surface area (Å²) in [7, 11) is 0. The Kier molecular flexibility index (Phi) is 3.28. The third kappa shape index (κ3) is 2.93. The van der Waals surface area contributed by atoms with Crippen LogP contribution in [-0.4, -0.2) is 18.0 Å². The Morgan fingerprint density at radius 1 is 1.67 bits per heavy atom. The number of aliphatic imine (C=N–C) groups is 1. The summed E-state index contributed by atoms with van der Waals surface area (Å²) in [6.45, 7) is 0. The molecule has 1 aliphatic carbocycles. The minimum atomic E-state index is -0.114. The van der Waals surface area contributed by atoms with Crippen LogP contribution in [-0.2, 0) is 0 Å². The molecule has 0 bridgehead atoms. The Balaban J connectivity index is 1.86. The van der Waals surface area contributed by atoms with Crippen molar-refractivity contribution in [2.24, 2.45) is 22.4 Å². The molecular formula is C9H16BrN5. The molecule has 5 nitrogen and oxygen atoms in total. The van der Waals surface area contributed by atoms with E-state index >= 15 is 0 Å². The van der Waals surface area contributed by atoms with Gasteiger partial charge in [0.15, 0.2) is 6.17 Å². The Labute approximate surface area is 97.5 Å². The van der Waals surface area contributed by atoms with E-state index in [1.54, 1.807) is 0 Å². The number of rotatable bonds is 4. The summed E-state index contributed by atoms with van der Waals surface area (Å²) in [6, 6.07) is 0.172. The number of nitrogens with one attached hydrogen (secondary N) is 2. The van der Waals surface area contributed by atoms with Gasteiger partial charge in [-0.15, -0.1) is 0 Å². The molecule has 0 saturated heterocycles. The molecule has 2 rings (SSSR count).